The van der Waals surface area contributed by atoms with Crippen molar-refractivity contribution in [1.29, 1.82) is 0 Å². The summed E-state index contributed by atoms with van der Waals surface area (Å²) in [7, 11) is 1.71. The van der Waals surface area contributed by atoms with Gasteiger partial charge in [-0.25, -0.2) is 0 Å². The summed E-state index contributed by atoms with van der Waals surface area (Å²) < 4.78 is 5.23. The number of amides is 2. The number of nitrogens with one attached hydrogen (secondary N) is 1. The smallest absolute Gasteiger partial charge is 0.258 e. The summed E-state index contributed by atoms with van der Waals surface area (Å²) in [5, 5.41) is 3.47. The fourth-order valence-corrected chi connectivity index (χ4v) is 2.78. The van der Waals surface area contributed by atoms with Crippen LogP contribution in [0.5, 0.6) is 0 Å². The van der Waals surface area contributed by atoms with Gasteiger partial charge in [0.15, 0.2) is 0 Å². The highest BCUT2D eigenvalue weighted by atomic mass is 35.5. The first-order chi connectivity index (χ1) is 12.0. The summed E-state index contributed by atoms with van der Waals surface area (Å²) >= 11 is 5.85. The van der Waals surface area contributed by atoms with Crippen molar-refractivity contribution in [2.24, 2.45) is 5.92 Å². The van der Waals surface area contributed by atoms with Gasteiger partial charge in [0.05, 0.1) is 12.5 Å². The Labute approximate surface area is 151 Å². The van der Waals surface area contributed by atoms with Crippen LogP contribution < -0.4 is 10.2 Å². The molecular formula is C19H19ClN2O3. The lowest BCUT2D eigenvalue weighted by Crippen LogP contribution is -2.26. The van der Waals surface area contributed by atoms with E-state index < -0.39 is 0 Å². The van der Waals surface area contributed by atoms with E-state index in [1.54, 1.807) is 60.5 Å². The molecule has 2 amide bonds. The van der Waals surface area contributed by atoms with Crippen LogP contribution in [0.2, 0.25) is 5.02 Å². The van der Waals surface area contributed by atoms with Gasteiger partial charge in [0, 0.05) is 35.6 Å². The van der Waals surface area contributed by atoms with E-state index in [2.05, 4.69) is 5.32 Å². The van der Waals surface area contributed by atoms with Crippen LogP contribution in [0.25, 0.3) is 0 Å². The van der Waals surface area contributed by atoms with Gasteiger partial charge in [0.1, 0.15) is 0 Å². The number of hydrogen-bond donors (Lipinski definition) is 1. The molecule has 1 heterocycles. The molecule has 25 heavy (non-hydrogen) atoms. The van der Waals surface area contributed by atoms with Crippen LogP contribution in [0.1, 0.15) is 16.8 Å². The van der Waals surface area contributed by atoms with E-state index >= 15 is 0 Å². The SMILES string of the molecule is CN(C(=O)c1ccc(Cl)cc1)c1ccc(NC(=O)[C@H]2CCOC2)cc1. The predicted octanol–water partition coefficient (Wildman–Crippen LogP) is 3.59. The number of carbonyl (C=O) groups is 2. The normalized spacial score (nSPS) is 16.5. The minimum Gasteiger partial charge on any atom is -0.381 e. The number of ether oxygens (including phenoxy) is 1. The Kier molecular flexibility index (Phi) is 5.36. The molecule has 0 unspecified atom stereocenters. The minimum atomic E-state index is -0.128. The number of nitrogens with zero attached hydrogens (tertiary/aromatic N) is 1. The van der Waals surface area contributed by atoms with Crippen molar-refractivity contribution in [1.82, 2.24) is 0 Å². The van der Waals surface area contributed by atoms with Crippen molar-refractivity contribution in [2.75, 3.05) is 30.5 Å². The fourth-order valence-electron chi connectivity index (χ4n) is 2.66. The third-order valence-corrected chi connectivity index (χ3v) is 4.47. The number of rotatable bonds is 4. The number of hydrogen-bond acceptors (Lipinski definition) is 3. The average Bonchev–Trinajstić information content (AvgIpc) is 3.17. The van der Waals surface area contributed by atoms with Crippen molar-refractivity contribution in [3.8, 4) is 0 Å². The zero-order valence-corrected chi connectivity index (χ0v) is 14.6. The second kappa shape index (κ2) is 7.68. The highest BCUT2D eigenvalue weighted by Gasteiger charge is 2.23. The van der Waals surface area contributed by atoms with Crippen LogP contribution in [0, 0.1) is 5.92 Å². The summed E-state index contributed by atoms with van der Waals surface area (Å²) in [5.41, 5.74) is 2.00. The van der Waals surface area contributed by atoms with E-state index in [-0.39, 0.29) is 17.7 Å². The highest BCUT2D eigenvalue weighted by Crippen LogP contribution is 2.21. The van der Waals surface area contributed by atoms with Crippen molar-refractivity contribution in [3.05, 3.63) is 59.1 Å². The lowest BCUT2D eigenvalue weighted by molar-refractivity contribution is -0.119. The molecule has 1 aliphatic rings. The lowest BCUT2D eigenvalue weighted by Gasteiger charge is -2.18. The third-order valence-electron chi connectivity index (χ3n) is 4.22. The number of anilines is 2. The summed E-state index contributed by atoms with van der Waals surface area (Å²) in [6.07, 6.45) is 0.752. The van der Waals surface area contributed by atoms with E-state index in [0.29, 0.717) is 29.5 Å². The Morgan fingerprint density at radius 3 is 2.40 bits per heavy atom. The minimum absolute atomic E-state index is 0.0316. The molecular weight excluding hydrogens is 340 g/mol. The zero-order valence-electron chi connectivity index (χ0n) is 13.9. The molecule has 1 saturated heterocycles. The summed E-state index contributed by atoms with van der Waals surface area (Å²) in [6.45, 7) is 1.11. The molecule has 0 radical (unpaired) electrons. The van der Waals surface area contributed by atoms with E-state index in [4.69, 9.17) is 16.3 Å². The second-order valence-corrected chi connectivity index (χ2v) is 6.40. The maximum absolute atomic E-state index is 12.5. The largest absolute Gasteiger partial charge is 0.381 e. The van der Waals surface area contributed by atoms with E-state index in [1.807, 2.05) is 0 Å². The van der Waals surface area contributed by atoms with E-state index in [9.17, 15) is 9.59 Å². The Morgan fingerprint density at radius 2 is 1.80 bits per heavy atom. The number of benzene rings is 2. The highest BCUT2D eigenvalue weighted by molar-refractivity contribution is 6.30. The maximum Gasteiger partial charge on any atom is 0.258 e. The molecule has 2 aromatic carbocycles. The molecule has 0 aliphatic carbocycles. The average molecular weight is 359 g/mol. The topological polar surface area (TPSA) is 58.6 Å². The third kappa shape index (κ3) is 4.18. The lowest BCUT2D eigenvalue weighted by atomic mass is 10.1. The molecule has 1 aliphatic heterocycles. The molecule has 0 saturated carbocycles. The molecule has 0 spiro atoms. The number of carbonyl (C=O) groups excluding carboxylic acids is 2. The van der Waals surface area contributed by atoms with Crippen LogP contribution >= 0.6 is 11.6 Å². The Hall–Kier alpha value is -2.37. The molecule has 0 bridgehead atoms. The summed E-state index contributed by atoms with van der Waals surface area (Å²) in [6, 6.07) is 13.9. The maximum atomic E-state index is 12.5. The Bertz CT molecular complexity index is 753. The van der Waals surface area contributed by atoms with Gasteiger partial charge in [-0.15, -0.1) is 0 Å². The van der Waals surface area contributed by atoms with E-state index in [1.165, 1.54) is 0 Å². The predicted molar refractivity (Wildman–Crippen MR) is 98.2 cm³/mol. The molecule has 0 aromatic heterocycles. The van der Waals surface area contributed by atoms with Crippen LogP contribution in [-0.4, -0.2) is 32.1 Å². The quantitative estimate of drug-likeness (QED) is 0.908. The van der Waals surface area contributed by atoms with Gasteiger partial charge < -0.3 is 15.0 Å². The molecule has 1 atom stereocenters. The van der Waals surface area contributed by atoms with Gasteiger partial charge in [0.2, 0.25) is 5.91 Å². The van der Waals surface area contributed by atoms with Crippen LogP contribution in [-0.2, 0) is 9.53 Å². The molecule has 130 valence electrons. The van der Waals surface area contributed by atoms with Gasteiger partial charge in [-0.1, -0.05) is 11.6 Å². The standard InChI is InChI=1S/C19H19ClN2O3/c1-22(19(24)13-2-4-15(20)5-3-13)17-8-6-16(7-9-17)21-18(23)14-10-11-25-12-14/h2-9,14H,10-12H2,1H3,(H,21,23)/t14-/m0/s1. The van der Waals surface area contributed by atoms with Crippen LogP contribution in [0.15, 0.2) is 48.5 Å². The van der Waals surface area contributed by atoms with Crippen molar-refractivity contribution in [2.45, 2.75) is 6.42 Å². The molecule has 5 nitrogen and oxygen atoms in total. The van der Waals surface area contributed by atoms with Crippen molar-refractivity contribution < 1.29 is 14.3 Å². The van der Waals surface area contributed by atoms with Crippen LogP contribution in [0.3, 0.4) is 0 Å². The van der Waals surface area contributed by atoms with Gasteiger partial charge in [0.25, 0.3) is 5.91 Å². The number of halogens is 1. The van der Waals surface area contributed by atoms with Gasteiger partial charge in [-0.2, -0.15) is 0 Å². The van der Waals surface area contributed by atoms with E-state index in [0.717, 1.165) is 12.1 Å². The Balaban J connectivity index is 1.65. The van der Waals surface area contributed by atoms with Crippen molar-refractivity contribution in [3.63, 3.8) is 0 Å². The zero-order chi connectivity index (χ0) is 17.8. The van der Waals surface area contributed by atoms with Crippen molar-refractivity contribution >= 4 is 34.8 Å². The molecule has 2 aromatic rings. The van der Waals surface area contributed by atoms with Gasteiger partial charge >= 0.3 is 0 Å². The second-order valence-electron chi connectivity index (χ2n) is 5.97. The summed E-state index contributed by atoms with van der Waals surface area (Å²) in [5.74, 6) is -0.249. The van der Waals surface area contributed by atoms with Gasteiger partial charge in [-0.3, -0.25) is 9.59 Å². The molecule has 1 fully saturated rings. The molecule has 6 heteroatoms. The fraction of sp³-hybridized carbons (Fsp3) is 0.263. The van der Waals surface area contributed by atoms with Crippen LogP contribution in [0.4, 0.5) is 11.4 Å². The first-order valence-corrected chi connectivity index (χ1v) is 8.44. The molecule has 3 rings (SSSR count). The molecule has 1 N–H and O–H groups in total. The first-order valence-electron chi connectivity index (χ1n) is 8.07. The summed E-state index contributed by atoms with van der Waals surface area (Å²) in [4.78, 5) is 26.1. The Morgan fingerprint density at radius 1 is 1.12 bits per heavy atom. The van der Waals surface area contributed by atoms with Gasteiger partial charge in [-0.05, 0) is 55.0 Å². The first kappa shape index (κ1) is 17.5. The monoisotopic (exact) mass is 358 g/mol.